The Morgan fingerprint density at radius 1 is 1.44 bits per heavy atom. The van der Waals surface area contributed by atoms with E-state index >= 15 is 0 Å². The first-order valence-electron chi connectivity index (χ1n) is 5.19. The molecule has 0 unspecified atom stereocenters. The first-order chi connectivity index (χ1) is 7.81. The minimum Gasteiger partial charge on any atom is -0.392 e. The van der Waals surface area contributed by atoms with Gasteiger partial charge in [-0.3, -0.25) is 0 Å². The average molecular weight is 217 g/mol. The van der Waals surface area contributed by atoms with Crippen molar-refractivity contribution in [1.29, 1.82) is 0 Å². The quantitative estimate of drug-likeness (QED) is 0.838. The molecule has 2 aromatic rings. The van der Waals surface area contributed by atoms with Gasteiger partial charge < -0.3 is 14.2 Å². The maximum atomic E-state index is 8.72. The van der Waals surface area contributed by atoms with Crippen LogP contribution < -0.4 is 0 Å². The van der Waals surface area contributed by atoms with E-state index in [1.54, 1.807) is 18.6 Å². The zero-order valence-corrected chi connectivity index (χ0v) is 9.24. The molecule has 0 saturated heterocycles. The molecule has 16 heavy (non-hydrogen) atoms. The van der Waals surface area contributed by atoms with Crippen LogP contribution in [0, 0.1) is 0 Å². The van der Waals surface area contributed by atoms with Gasteiger partial charge in [-0.05, 0) is 18.2 Å². The second-order valence-corrected chi connectivity index (χ2v) is 3.63. The van der Waals surface area contributed by atoms with Crippen molar-refractivity contribution in [2.75, 3.05) is 6.61 Å². The van der Waals surface area contributed by atoms with Gasteiger partial charge >= 0.3 is 0 Å². The summed E-state index contributed by atoms with van der Waals surface area (Å²) in [6.45, 7) is 0.880. The van der Waals surface area contributed by atoms with E-state index in [2.05, 4.69) is 15.6 Å². The Labute approximate surface area is 94.5 Å². The van der Waals surface area contributed by atoms with E-state index < -0.39 is 0 Å². The summed E-state index contributed by atoms with van der Waals surface area (Å²) in [5.41, 5.74) is 2.29. The summed E-state index contributed by atoms with van der Waals surface area (Å²) in [7, 11) is 2.02. The first-order valence-corrected chi connectivity index (χ1v) is 5.19. The van der Waals surface area contributed by atoms with Gasteiger partial charge in [0.05, 0.1) is 19.5 Å². The van der Waals surface area contributed by atoms with E-state index in [-0.39, 0.29) is 6.61 Å². The monoisotopic (exact) mass is 217 g/mol. The third kappa shape index (κ3) is 2.23. The molecule has 0 radical (unpaired) electrons. The maximum Gasteiger partial charge on any atom is 0.0949 e. The van der Waals surface area contributed by atoms with Crippen LogP contribution in [-0.2, 0) is 13.6 Å². The standard InChI is InChI=1S/C12H15N3O/c1-14-11(3-2-8-16)4-5-12(14)9-15-7-6-13-10-15/h2-7,10,16H,8-9H2,1H3. The summed E-state index contributed by atoms with van der Waals surface area (Å²) >= 11 is 0. The maximum absolute atomic E-state index is 8.72. The number of aromatic nitrogens is 3. The molecule has 2 rings (SSSR count). The molecule has 0 aliphatic heterocycles. The molecular formula is C12H15N3O. The molecule has 0 spiro atoms. The Morgan fingerprint density at radius 2 is 2.31 bits per heavy atom. The largest absolute Gasteiger partial charge is 0.392 e. The second-order valence-electron chi connectivity index (χ2n) is 3.63. The van der Waals surface area contributed by atoms with Crippen molar-refractivity contribution in [1.82, 2.24) is 14.1 Å². The third-order valence-corrected chi connectivity index (χ3v) is 2.56. The Kier molecular flexibility index (Phi) is 3.22. The van der Waals surface area contributed by atoms with Crippen LogP contribution in [0.2, 0.25) is 0 Å². The normalized spacial score (nSPS) is 11.4. The molecule has 0 saturated carbocycles. The van der Waals surface area contributed by atoms with E-state index in [1.165, 1.54) is 5.69 Å². The lowest BCUT2D eigenvalue weighted by molar-refractivity contribution is 0.343. The van der Waals surface area contributed by atoms with Crippen LogP contribution in [-0.4, -0.2) is 25.8 Å². The number of aliphatic hydroxyl groups excluding tert-OH is 1. The fourth-order valence-corrected chi connectivity index (χ4v) is 1.64. The smallest absolute Gasteiger partial charge is 0.0949 e. The van der Waals surface area contributed by atoms with Crippen LogP contribution >= 0.6 is 0 Å². The highest BCUT2D eigenvalue weighted by atomic mass is 16.2. The highest BCUT2D eigenvalue weighted by Crippen LogP contribution is 2.10. The van der Waals surface area contributed by atoms with E-state index in [0.29, 0.717) is 0 Å². The van der Waals surface area contributed by atoms with Gasteiger partial charge in [-0.25, -0.2) is 4.98 Å². The minimum atomic E-state index is 0.0715. The summed E-state index contributed by atoms with van der Waals surface area (Å²) in [5, 5.41) is 8.72. The average Bonchev–Trinajstić information content (AvgIpc) is 2.89. The fraction of sp³-hybridized carbons (Fsp3) is 0.250. The number of hydrogen-bond donors (Lipinski definition) is 1. The lowest BCUT2D eigenvalue weighted by Crippen LogP contribution is -2.03. The van der Waals surface area contributed by atoms with Gasteiger partial charge in [0.25, 0.3) is 0 Å². The van der Waals surface area contributed by atoms with Gasteiger partial charge in [-0.15, -0.1) is 0 Å². The molecule has 84 valence electrons. The van der Waals surface area contributed by atoms with Crippen molar-refractivity contribution in [3.05, 3.63) is 48.3 Å². The number of imidazole rings is 1. The number of nitrogens with zero attached hydrogens (tertiary/aromatic N) is 3. The van der Waals surface area contributed by atoms with Crippen molar-refractivity contribution in [3.8, 4) is 0 Å². The SMILES string of the molecule is Cn1c(C=CCO)ccc1Cn1ccnc1. The van der Waals surface area contributed by atoms with Crippen molar-refractivity contribution in [3.63, 3.8) is 0 Å². The summed E-state index contributed by atoms with van der Waals surface area (Å²) in [5.74, 6) is 0. The lowest BCUT2D eigenvalue weighted by atomic mass is 10.4. The Morgan fingerprint density at radius 3 is 3.00 bits per heavy atom. The fourth-order valence-electron chi connectivity index (χ4n) is 1.64. The number of aliphatic hydroxyl groups is 1. The first kappa shape index (κ1) is 10.7. The Hall–Kier alpha value is -1.81. The molecule has 2 heterocycles. The molecule has 0 aliphatic rings. The topological polar surface area (TPSA) is 43.0 Å². The van der Waals surface area contributed by atoms with Crippen molar-refractivity contribution in [2.24, 2.45) is 7.05 Å². The summed E-state index contributed by atoms with van der Waals surface area (Å²) in [6, 6.07) is 4.12. The lowest BCUT2D eigenvalue weighted by Gasteiger charge is -2.05. The molecule has 4 nitrogen and oxygen atoms in total. The number of hydrogen-bond acceptors (Lipinski definition) is 2. The van der Waals surface area contributed by atoms with E-state index in [4.69, 9.17) is 5.11 Å². The van der Waals surface area contributed by atoms with E-state index in [9.17, 15) is 0 Å². The van der Waals surface area contributed by atoms with Crippen LogP contribution in [0.5, 0.6) is 0 Å². The van der Waals surface area contributed by atoms with Gasteiger partial charge in [-0.1, -0.05) is 6.08 Å². The van der Waals surface area contributed by atoms with Crippen LogP contribution in [0.1, 0.15) is 11.4 Å². The van der Waals surface area contributed by atoms with E-state index in [0.717, 1.165) is 12.2 Å². The third-order valence-electron chi connectivity index (χ3n) is 2.56. The van der Waals surface area contributed by atoms with E-state index in [1.807, 2.05) is 30.0 Å². The predicted octanol–water partition coefficient (Wildman–Crippen LogP) is 1.28. The molecular weight excluding hydrogens is 202 g/mol. The Balaban J connectivity index is 2.17. The van der Waals surface area contributed by atoms with Crippen molar-refractivity contribution >= 4 is 6.08 Å². The minimum absolute atomic E-state index is 0.0715. The van der Waals surface area contributed by atoms with Gasteiger partial charge in [0.2, 0.25) is 0 Å². The molecule has 0 atom stereocenters. The summed E-state index contributed by atoms with van der Waals surface area (Å²) in [4.78, 5) is 4.01. The molecule has 0 bridgehead atoms. The van der Waals surface area contributed by atoms with Gasteiger partial charge in [0.1, 0.15) is 0 Å². The zero-order valence-electron chi connectivity index (χ0n) is 9.24. The summed E-state index contributed by atoms with van der Waals surface area (Å²) < 4.78 is 4.13. The van der Waals surface area contributed by atoms with Crippen molar-refractivity contribution in [2.45, 2.75) is 6.54 Å². The summed E-state index contributed by atoms with van der Waals surface area (Å²) in [6.07, 6.45) is 9.16. The molecule has 0 amide bonds. The molecule has 0 aromatic carbocycles. The van der Waals surface area contributed by atoms with Crippen LogP contribution in [0.4, 0.5) is 0 Å². The highest BCUT2D eigenvalue weighted by molar-refractivity contribution is 5.46. The van der Waals surface area contributed by atoms with Crippen LogP contribution in [0.15, 0.2) is 36.9 Å². The predicted molar refractivity (Wildman–Crippen MR) is 62.9 cm³/mol. The Bertz CT molecular complexity index is 468. The van der Waals surface area contributed by atoms with Crippen LogP contribution in [0.3, 0.4) is 0 Å². The molecule has 0 aliphatic carbocycles. The second kappa shape index (κ2) is 4.81. The van der Waals surface area contributed by atoms with Gasteiger partial charge in [0.15, 0.2) is 0 Å². The molecule has 0 fully saturated rings. The molecule has 2 aromatic heterocycles. The van der Waals surface area contributed by atoms with Crippen LogP contribution in [0.25, 0.3) is 6.08 Å². The highest BCUT2D eigenvalue weighted by Gasteiger charge is 2.02. The molecule has 1 N–H and O–H groups in total. The number of rotatable bonds is 4. The van der Waals surface area contributed by atoms with Gasteiger partial charge in [-0.2, -0.15) is 0 Å². The van der Waals surface area contributed by atoms with Gasteiger partial charge in [0, 0.05) is 30.8 Å². The van der Waals surface area contributed by atoms with Crippen molar-refractivity contribution < 1.29 is 5.11 Å². The molecule has 4 heteroatoms. The zero-order chi connectivity index (χ0) is 11.4.